The lowest BCUT2D eigenvalue weighted by molar-refractivity contribution is 0.0373. The average molecular weight is 236 g/mol. The zero-order chi connectivity index (χ0) is 12.4. The van der Waals surface area contributed by atoms with E-state index in [4.69, 9.17) is 9.47 Å². The summed E-state index contributed by atoms with van der Waals surface area (Å²) in [6.07, 6.45) is 1.38. The van der Waals surface area contributed by atoms with Crippen LogP contribution in [-0.2, 0) is 0 Å². The molecule has 3 atom stereocenters. The van der Waals surface area contributed by atoms with Gasteiger partial charge in [0.25, 0.3) is 0 Å². The number of aliphatic hydroxyl groups is 1. The van der Waals surface area contributed by atoms with Crippen LogP contribution in [-0.4, -0.2) is 18.3 Å². The van der Waals surface area contributed by atoms with Gasteiger partial charge in [-0.2, -0.15) is 0 Å². The molecule has 0 aliphatic carbocycles. The van der Waals surface area contributed by atoms with Crippen molar-refractivity contribution in [2.24, 2.45) is 5.92 Å². The van der Waals surface area contributed by atoms with Gasteiger partial charge in [0.05, 0.1) is 13.2 Å². The van der Waals surface area contributed by atoms with Gasteiger partial charge in [-0.05, 0) is 24.1 Å². The molecular weight excluding hydrogens is 216 g/mol. The first-order chi connectivity index (χ1) is 8.15. The van der Waals surface area contributed by atoms with Gasteiger partial charge in [0, 0.05) is 12.0 Å². The second-order valence-corrected chi connectivity index (χ2v) is 4.70. The Balaban J connectivity index is 2.25. The molecular formula is C14H20O3. The summed E-state index contributed by atoms with van der Waals surface area (Å²) in [5.41, 5.74) is 0.837. The lowest BCUT2D eigenvalue weighted by Gasteiger charge is -2.33. The van der Waals surface area contributed by atoms with Gasteiger partial charge < -0.3 is 14.6 Å². The van der Waals surface area contributed by atoms with Gasteiger partial charge >= 0.3 is 0 Å². The van der Waals surface area contributed by atoms with Crippen molar-refractivity contribution in [3.8, 4) is 11.5 Å². The molecule has 17 heavy (non-hydrogen) atoms. The Morgan fingerprint density at radius 1 is 1.53 bits per heavy atom. The summed E-state index contributed by atoms with van der Waals surface area (Å²) in [6.45, 7) is 4.30. The normalized spacial score (nSPS) is 24.7. The monoisotopic (exact) mass is 236 g/mol. The van der Waals surface area contributed by atoms with E-state index in [0.717, 1.165) is 23.5 Å². The molecule has 2 unspecified atom stereocenters. The van der Waals surface area contributed by atoms with Crippen LogP contribution >= 0.6 is 0 Å². The fourth-order valence-corrected chi connectivity index (χ4v) is 2.19. The summed E-state index contributed by atoms with van der Waals surface area (Å²) in [5, 5.41) is 10.2. The van der Waals surface area contributed by atoms with Crippen LogP contribution in [0.2, 0.25) is 0 Å². The highest BCUT2D eigenvalue weighted by atomic mass is 16.5. The van der Waals surface area contributed by atoms with Crippen LogP contribution in [0.1, 0.15) is 38.4 Å². The van der Waals surface area contributed by atoms with Crippen LogP contribution in [0.15, 0.2) is 18.2 Å². The number of ether oxygens (including phenoxy) is 2. The number of fused-ring (bicyclic) bond motifs is 1. The van der Waals surface area contributed by atoms with E-state index in [1.165, 1.54) is 0 Å². The molecule has 94 valence electrons. The van der Waals surface area contributed by atoms with Crippen LogP contribution in [0.3, 0.4) is 0 Å². The third-order valence-corrected chi connectivity index (χ3v) is 3.59. The predicted octanol–water partition coefficient (Wildman–Crippen LogP) is 2.93. The maximum absolute atomic E-state index is 10.2. The number of methoxy groups -OCH3 is 1. The molecule has 0 bridgehead atoms. The number of hydrogen-bond donors (Lipinski definition) is 1. The van der Waals surface area contributed by atoms with Crippen LogP contribution < -0.4 is 9.47 Å². The van der Waals surface area contributed by atoms with E-state index in [2.05, 4.69) is 13.8 Å². The Bertz CT molecular complexity index is 389. The van der Waals surface area contributed by atoms with Gasteiger partial charge in [-0.15, -0.1) is 0 Å². The molecule has 1 aliphatic rings. The summed E-state index contributed by atoms with van der Waals surface area (Å²) in [5.74, 6) is 2.00. The molecule has 1 aromatic carbocycles. The van der Waals surface area contributed by atoms with E-state index in [1.54, 1.807) is 7.11 Å². The Hall–Kier alpha value is -1.22. The molecule has 0 amide bonds. The number of rotatable bonds is 3. The molecule has 0 saturated heterocycles. The van der Waals surface area contributed by atoms with Gasteiger partial charge in [0.2, 0.25) is 0 Å². The molecule has 3 nitrogen and oxygen atoms in total. The Labute approximate surface area is 102 Å². The zero-order valence-corrected chi connectivity index (χ0v) is 10.6. The van der Waals surface area contributed by atoms with Crippen LogP contribution in [0.5, 0.6) is 11.5 Å². The van der Waals surface area contributed by atoms with Crippen molar-refractivity contribution in [1.82, 2.24) is 0 Å². The van der Waals surface area contributed by atoms with Crippen LogP contribution in [0, 0.1) is 5.92 Å². The van der Waals surface area contributed by atoms with E-state index in [1.807, 2.05) is 18.2 Å². The predicted molar refractivity (Wildman–Crippen MR) is 66.4 cm³/mol. The summed E-state index contributed by atoms with van der Waals surface area (Å²) >= 11 is 0. The number of hydrogen-bond acceptors (Lipinski definition) is 3. The van der Waals surface area contributed by atoms with Gasteiger partial charge in [-0.3, -0.25) is 0 Å². The third-order valence-electron chi connectivity index (χ3n) is 3.59. The SMILES string of the molecule is CCC(C)C1C[C@H](O)c2cc(OC)ccc2O1. The van der Waals surface area contributed by atoms with Crippen molar-refractivity contribution in [2.45, 2.75) is 38.9 Å². The molecule has 1 aromatic rings. The van der Waals surface area contributed by atoms with Gasteiger partial charge in [0.15, 0.2) is 0 Å². The second kappa shape index (κ2) is 4.96. The van der Waals surface area contributed by atoms with Crippen LogP contribution in [0.4, 0.5) is 0 Å². The van der Waals surface area contributed by atoms with E-state index in [-0.39, 0.29) is 6.10 Å². The quantitative estimate of drug-likeness (QED) is 0.877. The summed E-state index contributed by atoms with van der Waals surface area (Å²) in [6, 6.07) is 5.60. The van der Waals surface area contributed by atoms with Crippen molar-refractivity contribution >= 4 is 0 Å². The molecule has 0 aromatic heterocycles. The third kappa shape index (κ3) is 2.39. The van der Waals surface area contributed by atoms with Crippen molar-refractivity contribution in [2.75, 3.05) is 7.11 Å². The van der Waals surface area contributed by atoms with Crippen molar-refractivity contribution < 1.29 is 14.6 Å². The lowest BCUT2D eigenvalue weighted by atomic mass is 9.91. The molecule has 0 spiro atoms. The maximum Gasteiger partial charge on any atom is 0.125 e. The van der Waals surface area contributed by atoms with Gasteiger partial charge in [0.1, 0.15) is 17.6 Å². The largest absolute Gasteiger partial charge is 0.497 e. The van der Waals surface area contributed by atoms with Crippen LogP contribution in [0.25, 0.3) is 0 Å². The topological polar surface area (TPSA) is 38.7 Å². The Morgan fingerprint density at radius 3 is 2.94 bits per heavy atom. The summed E-state index contributed by atoms with van der Waals surface area (Å²) in [4.78, 5) is 0. The minimum Gasteiger partial charge on any atom is -0.497 e. The van der Waals surface area contributed by atoms with E-state index in [9.17, 15) is 5.11 Å². The zero-order valence-electron chi connectivity index (χ0n) is 10.6. The highest BCUT2D eigenvalue weighted by Gasteiger charge is 2.30. The molecule has 1 N–H and O–H groups in total. The van der Waals surface area contributed by atoms with E-state index < -0.39 is 6.10 Å². The Morgan fingerprint density at radius 2 is 2.29 bits per heavy atom. The fraction of sp³-hybridized carbons (Fsp3) is 0.571. The van der Waals surface area contributed by atoms with Crippen molar-refractivity contribution in [1.29, 1.82) is 0 Å². The average Bonchev–Trinajstić information content (AvgIpc) is 2.37. The molecule has 1 heterocycles. The minimum atomic E-state index is -0.451. The molecule has 2 rings (SSSR count). The number of benzene rings is 1. The molecule has 0 saturated carbocycles. The molecule has 1 aliphatic heterocycles. The first-order valence-corrected chi connectivity index (χ1v) is 6.18. The van der Waals surface area contributed by atoms with Crippen molar-refractivity contribution in [3.63, 3.8) is 0 Å². The molecule has 3 heteroatoms. The summed E-state index contributed by atoms with van der Waals surface area (Å²) in [7, 11) is 1.62. The minimum absolute atomic E-state index is 0.107. The van der Waals surface area contributed by atoms with Crippen molar-refractivity contribution in [3.05, 3.63) is 23.8 Å². The first-order valence-electron chi connectivity index (χ1n) is 6.18. The van der Waals surface area contributed by atoms with E-state index >= 15 is 0 Å². The summed E-state index contributed by atoms with van der Waals surface area (Å²) < 4.78 is 11.1. The first kappa shape index (κ1) is 12.2. The molecule has 0 fully saturated rings. The highest BCUT2D eigenvalue weighted by Crippen LogP contribution is 2.39. The Kier molecular flexibility index (Phi) is 3.57. The maximum atomic E-state index is 10.2. The molecule has 0 radical (unpaired) electrons. The van der Waals surface area contributed by atoms with E-state index in [0.29, 0.717) is 12.3 Å². The van der Waals surface area contributed by atoms with Gasteiger partial charge in [-0.1, -0.05) is 20.3 Å². The lowest BCUT2D eigenvalue weighted by Crippen LogP contribution is -2.31. The standard InChI is InChI=1S/C14H20O3/c1-4-9(2)14-8-12(15)11-7-10(16-3)5-6-13(11)17-14/h5-7,9,12,14-15H,4,8H2,1-3H3/t9?,12-,14?/m0/s1. The van der Waals surface area contributed by atoms with Gasteiger partial charge in [-0.25, -0.2) is 0 Å². The highest BCUT2D eigenvalue weighted by molar-refractivity contribution is 5.43. The second-order valence-electron chi connectivity index (χ2n) is 4.70. The smallest absolute Gasteiger partial charge is 0.125 e. The number of aliphatic hydroxyl groups excluding tert-OH is 1. The fourth-order valence-electron chi connectivity index (χ4n) is 2.19.